The Kier molecular flexibility index (Phi) is 7.71. The van der Waals surface area contributed by atoms with E-state index in [0.717, 1.165) is 61.6 Å². The van der Waals surface area contributed by atoms with Crippen molar-refractivity contribution in [3.8, 4) is 11.1 Å². The minimum Gasteiger partial charge on any atom is -0.383 e. The lowest BCUT2D eigenvalue weighted by Gasteiger charge is -2.32. The van der Waals surface area contributed by atoms with Gasteiger partial charge in [0, 0.05) is 68.3 Å². The highest BCUT2D eigenvalue weighted by Gasteiger charge is 2.26. The average Bonchev–Trinajstić information content (AvgIpc) is 3.28. The Morgan fingerprint density at radius 3 is 2.54 bits per heavy atom. The van der Waals surface area contributed by atoms with E-state index in [1.807, 2.05) is 29.4 Å². The van der Waals surface area contributed by atoms with Crippen LogP contribution < -0.4 is 5.32 Å². The number of ether oxygens (including phenoxy) is 1. The first-order valence-electron chi connectivity index (χ1n) is 13.5. The van der Waals surface area contributed by atoms with Crippen molar-refractivity contribution in [2.75, 3.05) is 52.3 Å². The molecule has 1 saturated carbocycles. The third-order valence-electron chi connectivity index (χ3n) is 7.86. The van der Waals surface area contributed by atoms with Crippen LogP contribution in [-0.4, -0.2) is 88.3 Å². The molecule has 0 unspecified atom stereocenters. The average molecular weight is 506 g/mol. The Morgan fingerprint density at radius 2 is 1.86 bits per heavy atom. The van der Waals surface area contributed by atoms with E-state index in [-0.39, 0.29) is 11.9 Å². The van der Waals surface area contributed by atoms with Crippen LogP contribution in [0.25, 0.3) is 16.6 Å². The zero-order valence-corrected chi connectivity index (χ0v) is 22.5. The Balaban J connectivity index is 1.45. The van der Waals surface area contributed by atoms with Crippen LogP contribution in [0.3, 0.4) is 0 Å². The standard InChI is InChI=1S/C28H39N7O2/c1-19-5-7-21(8-6-19)25-15-23(26-17-30-28(32-35(25)26)31-20(2)18-37-4)22-9-10-24(29-16-22)27(36)34-13-11-33(3)12-14-34/h9-10,15-17,19-21H,5-8,11-14,18H2,1-4H3,(H,31,32)/t19?,20-,21?/m0/s1. The Labute approximate surface area is 219 Å². The molecule has 3 aromatic heterocycles. The van der Waals surface area contributed by atoms with E-state index in [9.17, 15) is 4.79 Å². The van der Waals surface area contributed by atoms with Crippen LogP contribution in [0.15, 0.2) is 30.6 Å². The molecule has 1 aliphatic heterocycles. The topological polar surface area (TPSA) is 87.9 Å². The number of fused-ring (bicyclic) bond motifs is 1. The molecule has 1 saturated heterocycles. The zero-order valence-electron chi connectivity index (χ0n) is 22.5. The molecule has 0 radical (unpaired) electrons. The Hall–Kier alpha value is -3.04. The number of amides is 1. The summed E-state index contributed by atoms with van der Waals surface area (Å²) in [6.07, 6.45) is 8.51. The van der Waals surface area contributed by atoms with Crippen LogP contribution in [0.5, 0.6) is 0 Å². The van der Waals surface area contributed by atoms with Crippen LogP contribution in [0.1, 0.15) is 61.6 Å². The summed E-state index contributed by atoms with van der Waals surface area (Å²) < 4.78 is 7.33. The molecule has 1 amide bonds. The number of nitrogens with zero attached hydrogens (tertiary/aromatic N) is 6. The lowest BCUT2D eigenvalue weighted by molar-refractivity contribution is 0.0658. The predicted molar refractivity (Wildman–Crippen MR) is 145 cm³/mol. The van der Waals surface area contributed by atoms with E-state index in [1.54, 1.807) is 7.11 Å². The zero-order chi connectivity index (χ0) is 25.9. The first-order valence-corrected chi connectivity index (χ1v) is 13.5. The molecule has 9 nitrogen and oxygen atoms in total. The number of hydrogen-bond acceptors (Lipinski definition) is 7. The highest BCUT2D eigenvalue weighted by Crippen LogP contribution is 2.39. The van der Waals surface area contributed by atoms with Crippen molar-refractivity contribution in [2.45, 2.75) is 51.5 Å². The second-order valence-corrected chi connectivity index (χ2v) is 10.8. The quantitative estimate of drug-likeness (QED) is 0.521. The molecule has 198 valence electrons. The van der Waals surface area contributed by atoms with Gasteiger partial charge in [0.05, 0.1) is 18.3 Å². The second-order valence-electron chi connectivity index (χ2n) is 10.8. The number of hydrogen-bond donors (Lipinski definition) is 1. The van der Waals surface area contributed by atoms with E-state index < -0.39 is 0 Å². The minimum absolute atomic E-state index is 0.00244. The van der Waals surface area contributed by atoms with Gasteiger partial charge in [-0.15, -0.1) is 5.10 Å². The molecule has 37 heavy (non-hydrogen) atoms. The molecule has 1 N–H and O–H groups in total. The van der Waals surface area contributed by atoms with E-state index in [2.05, 4.69) is 51.7 Å². The molecular weight excluding hydrogens is 466 g/mol. The number of carbonyl (C=O) groups excluding carboxylic acids is 1. The van der Waals surface area contributed by atoms with Crippen molar-refractivity contribution in [3.63, 3.8) is 0 Å². The largest absolute Gasteiger partial charge is 0.383 e. The van der Waals surface area contributed by atoms with Crippen LogP contribution in [0.4, 0.5) is 5.95 Å². The molecule has 0 bridgehead atoms. The van der Waals surface area contributed by atoms with E-state index >= 15 is 0 Å². The third kappa shape index (κ3) is 5.62. The molecule has 0 aromatic carbocycles. The van der Waals surface area contributed by atoms with Crippen molar-refractivity contribution in [1.29, 1.82) is 0 Å². The highest BCUT2D eigenvalue weighted by atomic mass is 16.5. The van der Waals surface area contributed by atoms with Gasteiger partial charge in [0.2, 0.25) is 5.95 Å². The number of rotatable bonds is 7. The van der Waals surface area contributed by atoms with Gasteiger partial charge in [-0.05, 0) is 44.9 Å². The van der Waals surface area contributed by atoms with Gasteiger partial charge in [-0.25, -0.2) is 9.50 Å². The fourth-order valence-electron chi connectivity index (χ4n) is 5.52. The maximum Gasteiger partial charge on any atom is 0.272 e. The molecule has 0 spiro atoms. The summed E-state index contributed by atoms with van der Waals surface area (Å²) in [6, 6.07) is 6.22. The number of nitrogens with one attached hydrogen (secondary N) is 1. The second kappa shape index (κ2) is 11.1. The molecule has 1 aliphatic carbocycles. The number of methoxy groups -OCH3 is 1. The number of likely N-dealkylation sites (N-methyl/N-ethyl adjacent to an activating group) is 1. The van der Waals surface area contributed by atoms with Gasteiger partial charge < -0.3 is 19.9 Å². The summed E-state index contributed by atoms with van der Waals surface area (Å²) in [6.45, 7) is 8.24. The van der Waals surface area contributed by atoms with Gasteiger partial charge in [0.1, 0.15) is 5.69 Å². The smallest absolute Gasteiger partial charge is 0.272 e. The van der Waals surface area contributed by atoms with Gasteiger partial charge in [0.25, 0.3) is 5.91 Å². The van der Waals surface area contributed by atoms with E-state index in [4.69, 9.17) is 9.84 Å². The summed E-state index contributed by atoms with van der Waals surface area (Å²) in [5.41, 5.74) is 4.70. The lowest BCUT2D eigenvalue weighted by Crippen LogP contribution is -2.47. The number of piperazine rings is 1. The Bertz CT molecular complexity index is 1210. The molecule has 9 heteroatoms. The van der Waals surface area contributed by atoms with E-state index in [0.29, 0.717) is 24.2 Å². The fraction of sp³-hybridized carbons (Fsp3) is 0.571. The van der Waals surface area contributed by atoms with Crippen molar-refractivity contribution >= 4 is 17.4 Å². The van der Waals surface area contributed by atoms with Crippen molar-refractivity contribution in [3.05, 3.63) is 42.0 Å². The van der Waals surface area contributed by atoms with E-state index in [1.165, 1.54) is 18.5 Å². The SMILES string of the molecule is COC[C@H](C)Nc1ncc2c(-c3ccc(C(=O)N4CCN(C)CC4)nc3)cc(C3CCC(C)CC3)n2n1. The van der Waals surface area contributed by atoms with Gasteiger partial charge in [-0.2, -0.15) is 0 Å². The molecule has 5 rings (SSSR count). The number of pyridine rings is 1. The number of anilines is 1. The monoisotopic (exact) mass is 505 g/mol. The summed E-state index contributed by atoms with van der Waals surface area (Å²) >= 11 is 0. The molecular formula is C28H39N7O2. The summed E-state index contributed by atoms with van der Waals surface area (Å²) in [5, 5.41) is 8.25. The number of aromatic nitrogens is 4. The first kappa shape index (κ1) is 25.6. The van der Waals surface area contributed by atoms with Gasteiger partial charge in [0.15, 0.2) is 0 Å². The van der Waals surface area contributed by atoms with Gasteiger partial charge in [-0.3, -0.25) is 9.78 Å². The van der Waals surface area contributed by atoms with Crippen LogP contribution in [0, 0.1) is 5.92 Å². The van der Waals surface area contributed by atoms with Gasteiger partial charge in [-0.1, -0.05) is 25.8 Å². The van der Waals surface area contributed by atoms with Crippen molar-refractivity contribution in [2.24, 2.45) is 5.92 Å². The number of carbonyl (C=O) groups is 1. The Morgan fingerprint density at radius 1 is 1.11 bits per heavy atom. The van der Waals surface area contributed by atoms with Gasteiger partial charge >= 0.3 is 0 Å². The van der Waals surface area contributed by atoms with Crippen molar-refractivity contribution in [1.82, 2.24) is 29.4 Å². The summed E-state index contributed by atoms with van der Waals surface area (Å²) in [7, 11) is 3.78. The van der Waals surface area contributed by atoms with Crippen LogP contribution >= 0.6 is 0 Å². The molecule has 2 aliphatic rings. The van der Waals surface area contributed by atoms with Crippen LogP contribution in [0.2, 0.25) is 0 Å². The third-order valence-corrected chi connectivity index (χ3v) is 7.86. The van der Waals surface area contributed by atoms with Crippen molar-refractivity contribution < 1.29 is 9.53 Å². The summed E-state index contributed by atoms with van der Waals surface area (Å²) in [4.78, 5) is 26.3. The molecule has 1 atom stereocenters. The normalized spacial score (nSPS) is 21.8. The minimum atomic E-state index is 0.00244. The molecule has 2 fully saturated rings. The predicted octanol–water partition coefficient (Wildman–Crippen LogP) is 3.92. The maximum atomic E-state index is 13.0. The molecule has 4 heterocycles. The maximum absolute atomic E-state index is 13.0. The molecule has 3 aromatic rings. The van der Waals surface area contributed by atoms with Crippen LogP contribution in [-0.2, 0) is 4.74 Å². The highest BCUT2D eigenvalue weighted by molar-refractivity contribution is 5.93. The fourth-order valence-corrected chi connectivity index (χ4v) is 5.52. The summed E-state index contributed by atoms with van der Waals surface area (Å²) in [5.74, 6) is 1.83. The first-order chi connectivity index (χ1) is 17.9. The lowest BCUT2D eigenvalue weighted by atomic mass is 9.81.